The molecule has 2 aromatic heterocycles. The molecule has 31 heavy (non-hydrogen) atoms. The van der Waals surface area contributed by atoms with Gasteiger partial charge in [0.1, 0.15) is 16.3 Å². The molecule has 0 spiro atoms. The fourth-order valence-corrected chi connectivity index (χ4v) is 4.69. The molecule has 2 heterocycles. The van der Waals surface area contributed by atoms with Crippen molar-refractivity contribution in [3.63, 3.8) is 0 Å². The second-order valence-corrected chi connectivity index (χ2v) is 8.10. The van der Waals surface area contributed by atoms with Gasteiger partial charge in [0, 0.05) is 17.1 Å². The van der Waals surface area contributed by atoms with E-state index >= 15 is 0 Å². The Balaban J connectivity index is 1.70. The highest BCUT2D eigenvalue weighted by molar-refractivity contribution is 7.21. The van der Waals surface area contributed by atoms with Gasteiger partial charge in [0.2, 0.25) is 0 Å². The minimum atomic E-state index is -2.96. The molecule has 0 aliphatic heterocycles. The van der Waals surface area contributed by atoms with E-state index < -0.39 is 12.5 Å². The Hall–Kier alpha value is -3.17. The van der Waals surface area contributed by atoms with Crippen LogP contribution in [0.4, 0.5) is 14.5 Å². The predicted molar refractivity (Wildman–Crippen MR) is 117 cm³/mol. The number of fused-ring (bicyclic) bond motifs is 1. The number of carbonyl (C=O) groups excluding carboxylic acids is 1. The molecule has 0 atom stereocenters. The summed E-state index contributed by atoms with van der Waals surface area (Å²) in [4.78, 5) is 26.1. The zero-order valence-corrected chi connectivity index (χ0v) is 17.9. The molecule has 0 fully saturated rings. The Labute approximate surface area is 184 Å². The maximum Gasteiger partial charge on any atom is 0.387 e. The zero-order chi connectivity index (χ0) is 22.3. The second kappa shape index (κ2) is 8.16. The minimum Gasteiger partial charge on any atom is -0.435 e. The van der Waals surface area contributed by atoms with Crippen molar-refractivity contribution in [3.8, 4) is 11.4 Å². The number of rotatable bonds is 5. The van der Waals surface area contributed by atoms with Gasteiger partial charge in [-0.2, -0.15) is 8.78 Å². The lowest BCUT2D eigenvalue weighted by Crippen LogP contribution is -2.22. The molecule has 0 unspecified atom stereocenters. The van der Waals surface area contributed by atoms with Crippen LogP contribution in [-0.2, 0) is 7.05 Å². The summed E-state index contributed by atoms with van der Waals surface area (Å²) >= 11 is 7.39. The Morgan fingerprint density at radius 3 is 2.58 bits per heavy atom. The van der Waals surface area contributed by atoms with Crippen LogP contribution in [-0.4, -0.2) is 21.9 Å². The molecule has 2 aromatic carbocycles. The van der Waals surface area contributed by atoms with Crippen LogP contribution in [0.5, 0.6) is 5.75 Å². The molecular weight excluding hydrogens is 448 g/mol. The molecule has 160 valence electrons. The van der Waals surface area contributed by atoms with E-state index in [9.17, 15) is 18.4 Å². The number of anilines is 1. The van der Waals surface area contributed by atoms with E-state index in [-0.39, 0.29) is 26.9 Å². The number of halogens is 3. The number of amides is 1. The van der Waals surface area contributed by atoms with Gasteiger partial charge < -0.3 is 10.1 Å². The van der Waals surface area contributed by atoms with Gasteiger partial charge in [0.15, 0.2) is 0 Å². The first-order valence-electron chi connectivity index (χ1n) is 9.10. The van der Waals surface area contributed by atoms with Crippen molar-refractivity contribution in [3.05, 3.63) is 74.5 Å². The van der Waals surface area contributed by atoms with Crippen LogP contribution in [0.15, 0.2) is 53.3 Å². The third kappa shape index (κ3) is 3.82. The van der Waals surface area contributed by atoms with E-state index in [0.717, 1.165) is 11.3 Å². The Bertz CT molecular complexity index is 1350. The third-order valence-electron chi connectivity index (χ3n) is 4.83. The molecule has 1 amide bonds. The number of benzene rings is 2. The van der Waals surface area contributed by atoms with Gasteiger partial charge in [-0.3, -0.25) is 14.3 Å². The van der Waals surface area contributed by atoms with E-state index in [1.165, 1.54) is 22.9 Å². The van der Waals surface area contributed by atoms with Crippen LogP contribution in [0.1, 0.15) is 15.4 Å². The number of alkyl halides is 2. The SMILES string of the molecule is Cc1c(NC(=O)c2sc3cc(OC(F)F)ccc3c2Cl)c(=O)n(-c2ccccc2)n1C. The molecule has 0 aliphatic rings. The largest absolute Gasteiger partial charge is 0.435 e. The molecule has 10 heteroatoms. The van der Waals surface area contributed by atoms with Crippen molar-refractivity contribution in [1.82, 2.24) is 9.36 Å². The molecule has 1 N–H and O–H groups in total. The fraction of sp³-hybridized carbons (Fsp3) is 0.143. The number of thiophene rings is 1. The van der Waals surface area contributed by atoms with Gasteiger partial charge in [-0.1, -0.05) is 29.8 Å². The summed E-state index contributed by atoms with van der Waals surface area (Å²) in [5.41, 5.74) is 0.966. The molecule has 0 saturated heterocycles. The van der Waals surface area contributed by atoms with Crippen LogP contribution in [0.3, 0.4) is 0 Å². The van der Waals surface area contributed by atoms with Gasteiger partial charge in [-0.25, -0.2) is 4.68 Å². The van der Waals surface area contributed by atoms with Crippen LogP contribution in [0, 0.1) is 6.92 Å². The number of ether oxygens (including phenoxy) is 1. The molecule has 4 aromatic rings. The molecule has 0 aliphatic carbocycles. The molecule has 4 rings (SSSR count). The summed E-state index contributed by atoms with van der Waals surface area (Å²) in [5, 5.41) is 3.37. The van der Waals surface area contributed by atoms with Crippen molar-refractivity contribution >= 4 is 44.6 Å². The van der Waals surface area contributed by atoms with Crippen LogP contribution in [0.25, 0.3) is 15.8 Å². The van der Waals surface area contributed by atoms with E-state index in [1.54, 1.807) is 30.8 Å². The first kappa shape index (κ1) is 21.1. The first-order valence-corrected chi connectivity index (χ1v) is 10.3. The topological polar surface area (TPSA) is 65.3 Å². The average molecular weight is 464 g/mol. The second-order valence-electron chi connectivity index (χ2n) is 6.67. The Morgan fingerprint density at radius 1 is 1.19 bits per heavy atom. The van der Waals surface area contributed by atoms with Gasteiger partial charge in [0.05, 0.1) is 16.4 Å². The number of para-hydroxylation sites is 1. The summed E-state index contributed by atoms with van der Waals surface area (Å²) in [6.45, 7) is -1.24. The third-order valence-corrected chi connectivity index (χ3v) is 6.48. The molecule has 6 nitrogen and oxygen atoms in total. The monoisotopic (exact) mass is 463 g/mol. The quantitative estimate of drug-likeness (QED) is 0.442. The Kier molecular flexibility index (Phi) is 5.55. The molecule has 0 saturated carbocycles. The highest BCUT2D eigenvalue weighted by atomic mass is 35.5. The highest BCUT2D eigenvalue weighted by Crippen LogP contribution is 2.38. The zero-order valence-electron chi connectivity index (χ0n) is 16.4. The van der Waals surface area contributed by atoms with Crippen LogP contribution in [0.2, 0.25) is 5.02 Å². The predicted octanol–water partition coefficient (Wildman–Crippen LogP) is 5.21. The number of nitrogens with one attached hydrogen (secondary N) is 1. The van der Waals surface area contributed by atoms with Gasteiger partial charge in [-0.15, -0.1) is 11.3 Å². The van der Waals surface area contributed by atoms with Crippen molar-refractivity contribution in [2.24, 2.45) is 7.05 Å². The molecule has 0 bridgehead atoms. The Morgan fingerprint density at radius 2 is 1.90 bits per heavy atom. The standard InChI is InChI=1S/C21H16ClF2N3O3S/c1-11-17(20(29)27(26(11)2)12-6-4-3-5-7-12)25-19(28)18-16(22)14-9-8-13(30-21(23)24)10-15(14)31-18/h3-10,21H,1-2H3,(H,25,28). The van der Waals surface area contributed by atoms with Gasteiger partial charge in [0.25, 0.3) is 11.5 Å². The fourth-order valence-electron chi connectivity index (χ4n) is 3.25. The normalized spacial score (nSPS) is 11.3. The lowest BCUT2D eigenvalue weighted by molar-refractivity contribution is -0.0497. The summed E-state index contributed by atoms with van der Waals surface area (Å²) in [5.74, 6) is -0.592. The summed E-state index contributed by atoms with van der Waals surface area (Å²) in [6, 6.07) is 13.3. The number of nitrogens with zero attached hydrogens (tertiary/aromatic N) is 2. The van der Waals surface area contributed by atoms with Crippen molar-refractivity contribution < 1.29 is 18.3 Å². The van der Waals surface area contributed by atoms with Crippen LogP contribution < -0.4 is 15.6 Å². The van der Waals surface area contributed by atoms with E-state index in [0.29, 0.717) is 21.5 Å². The first-order chi connectivity index (χ1) is 14.8. The maximum absolute atomic E-state index is 13.0. The van der Waals surface area contributed by atoms with E-state index in [2.05, 4.69) is 10.1 Å². The molecular formula is C21H16ClF2N3O3S. The summed E-state index contributed by atoms with van der Waals surface area (Å²) in [7, 11) is 1.72. The number of carbonyl (C=O) groups is 1. The highest BCUT2D eigenvalue weighted by Gasteiger charge is 2.22. The van der Waals surface area contributed by atoms with Crippen molar-refractivity contribution in [1.29, 1.82) is 0 Å². The van der Waals surface area contributed by atoms with E-state index in [4.69, 9.17) is 11.6 Å². The number of hydrogen-bond acceptors (Lipinski definition) is 4. The summed E-state index contributed by atoms with van der Waals surface area (Å²) < 4.78 is 32.9. The van der Waals surface area contributed by atoms with Gasteiger partial charge >= 0.3 is 6.61 Å². The number of hydrogen-bond donors (Lipinski definition) is 1. The van der Waals surface area contributed by atoms with Crippen molar-refractivity contribution in [2.75, 3.05) is 5.32 Å². The maximum atomic E-state index is 13.0. The number of aromatic nitrogens is 2. The summed E-state index contributed by atoms with van der Waals surface area (Å²) in [6.07, 6.45) is 0. The molecule has 0 radical (unpaired) electrons. The van der Waals surface area contributed by atoms with E-state index in [1.807, 2.05) is 18.2 Å². The smallest absolute Gasteiger partial charge is 0.387 e. The van der Waals surface area contributed by atoms with Crippen LogP contribution >= 0.6 is 22.9 Å². The minimum absolute atomic E-state index is 0.0305. The van der Waals surface area contributed by atoms with Gasteiger partial charge in [-0.05, 0) is 37.3 Å². The lowest BCUT2D eigenvalue weighted by atomic mass is 10.2. The average Bonchev–Trinajstić information content (AvgIpc) is 3.17. The van der Waals surface area contributed by atoms with Crippen molar-refractivity contribution in [2.45, 2.75) is 13.5 Å². The lowest BCUT2D eigenvalue weighted by Gasteiger charge is -2.07.